The van der Waals surface area contributed by atoms with E-state index in [-0.39, 0.29) is 0 Å². The third kappa shape index (κ3) is 3.07. The summed E-state index contributed by atoms with van der Waals surface area (Å²) in [5.41, 5.74) is 5.56. The lowest BCUT2D eigenvalue weighted by Gasteiger charge is -2.02. The van der Waals surface area contributed by atoms with Gasteiger partial charge in [-0.1, -0.05) is 42.5 Å². The van der Waals surface area contributed by atoms with Crippen LogP contribution in [0.15, 0.2) is 71.8 Å². The number of hydrogen-bond acceptors (Lipinski definition) is 3. The molecule has 3 rings (SSSR count). The highest BCUT2D eigenvalue weighted by Crippen LogP contribution is 2.18. The van der Waals surface area contributed by atoms with E-state index >= 15 is 0 Å². The Balaban J connectivity index is 1.73. The number of fused-ring (bicyclic) bond motifs is 1. The minimum atomic E-state index is 0.648. The van der Waals surface area contributed by atoms with Gasteiger partial charge >= 0.3 is 0 Å². The Morgan fingerprint density at radius 3 is 2.43 bits per heavy atom. The molecule has 0 fully saturated rings. The molecule has 0 amide bonds. The van der Waals surface area contributed by atoms with Crippen LogP contribution >= 0.6 is 0 Å². The molecular formula is C18H13N3. The molecule has 0 spiro atoms. The fourth-order valence-corrected chi connectivity index (χ4v) is 2.08. The zero-order valence-corrected chi connectivity index (χ0v) is 11.3. The number of hydrazone groups is 1. The molecule has 0 aliphatic heterocycles. The van der Waals surface area contributed by atoms with Gasteiger partial charge in [0.25, 0.3) is 0 Å². The molecule has 0 aromatic heterocycles. The van der Waals surface area contributed by atoms with Gasteiger partial charge in [-0.15, -0.1) is 0 Å². The largest absolute Gasteiger partial charge is 0.278 e. The quantitative estimate of drug-likeness (QED) is 0.574. The maximum Gasteiger partial charge on any atom is 0.0991 e. The molecule has 1 N–H and O–H groups in total. The first kappa shape index (κ1) is 12.9. The highest BCUT2D eigenvalue weighted by Gasteiger charge is 1.94. The molecule has 0 atom stereocenters. The van der Waals surface area contributed by atoms with Crippen LogP contribution in [0, 0.1) is 11.3 Å². The molecule has 0 bridgehead atoms. The first-order valence-corrected chi connectivity index (χ1v) is 6.63. The Hall–Kier alpha value is -3.12. The van der Waals surface area contributed by atoms with Crippen molar-refractivity contribution in [3.8, 4) is 6.07 Å². The fraction of sp³-hybridized carbons (Fsp3) is 0. The number of rotatable bonds is 3. The van der Waals surface area contributed by atoms with Gasteiger partial charge in [-0.2, -0.15) is 10.4 Å². The predicted molar refractivity (Wildman–Crippen MR) is 86.3 cm³/mol. The zero-order chi connectivity index (χ0) is 14.5. The van der Waals surface area contributed by atoms with Crippen molar-refractivity contribution in [2.24, 2.45) is 5.10 Å². The summed E-state index contributed by atoms with van der Waals surface area (Å²) >= 11 is 0. The van der Waals surface area contributed by atoms with Crippen molar-refractivity contribution in [1.29, 1.82) is 5.26 Å². The van der Waals surface area contributed by atoms with Gasteiger partial charge in [-0.25, -0.2) is 0 Å². The van der Waals surface area contributed by atoms with Crippen molar-refractivity contribution in [2.75, 3.05) is 5.43 Å². The number of nitrogens with zero attached hydrogens (tertiary/aromatic N) is 2. The summed E-state index contributed by atoms with van der Waals surface area (Å²) in [4.78, 5) is 0. The van der Waals surface area contributed by atoms with Crippen LogP contribution in [0.4, 0.5) is 5.69 Å². The Morgan fingerprint density at radius 2 is 1.67 bits per heavy atom. The first-order chi connectivity index (χ1) is 10.3. The van der Waals surface area contributed by atoms with E-state index in [0.717, 1.165) is 11.3 Å². The molecule has 3 aromatic carbocycles. The molecule has 100 valence electrons. The normalized spacial score (nSPS) is 10.6. The summed E-state index contributed by atoms with van der Waals surface area (Å²) < 4.78 is 0. The van der Waals surface area contributed by atoms with E-state index < -0.39 is 0 Å². The van der Waals surface area contributed by atoms with Crippen LogP contribution in [0.2, 0.25) is 0 Å². The Kier molecular flexibility index (Phi) is 3.62. The van der Waals surface area contributed by atoms with Gasteiger partial charge in [0.1, 0.15) is 0 Å². The average Bonchev–Trinajstić information content (AvgIpc) is 2.55. The van der Waals surface area contributed by atoms with E-state index in [4.69, 9.17) is 5.26 Å². The van der Waals surface area contributed by atoms with Crippen LogP contribution in [0.3, 0.4) is 0 Å². The molecule has 0 unspecified atom stereocenters. The van der Waals surface area contributed by atoms with Crippen LogP contribution in [0.1, 0.15) is 11.1 Å². The number of hydrogen-bond donors (Lipinski definition) is 1. The fourth-order valence-electron chi connectivity index (χ4n) is 2.08. The van der Waals surface area contributed by atoms with Gasteiger partial charge in [-0.3, -0.25) is 5.43 Å². The monoisotopic (exact) mass is 271 g/mol. The summed E-state index contributed by atoms with van der Waals surface area (Å²) in [6.07, 6.45) is 1.73. The molecule has 0 aliphatic rings. The third-order valence-corrected chi connectivity index (χ3v) is 3.20. The first-order valence-electron chi connectivity index (χ1n) is 6.63. The van der Waals surface area contributed by atoms with Gasteiger partial charge in [0, 0.05) is 0 Å². The molecule has 3 heteroatoms. The Morgan fingerprint density at radius 1 is 0.905 bits per heavy atom. The van der Waals surface area contributed by atoms with Crippen LogP contribution < -0.4 is 5.43 Å². The molecule has 3 nitrogen and oxygen atoms in total. The van der Waals surface area contributed by atoms with E-state index in [1.54, 1.807) is 18.3 Å². The van der Waals surface area contributed by atoms with Gasteiger partial charge in [0.05, 0.1) is 23.5 Å². The van der Waals surface area contributed by atoms with Gasteiger partial charge < -0.3 is 0 Å². The summed E-state index contributed by atoms with van der Waals surface area (Å²) in [5.74, 6) is 0. The highest BCUT2D eigenvalue weighted by atomic mass is 15.3. The number of nitriles is 1. The van der Waals surface area contributed by atoms with E-state index in [1.165, 1.54) is 10.8 Å². The molecule has 0 aliphatic carbocycles. The molecule has 0 saturated heterocycles. The van der Waals surface area contributed by atoms with E-state index in [1.807, 2.05) is 30.3 Å². The number of benzene rings is 3. The maximum absolute atomic E-state index is 8.74. The second-order valence-corrected chi connectivity index (χ2v) is 4.67. The van der Waals surface area contributed by atoms with Crippen molar-refractivity contribution in [3.63, 3.8) is 0 Å². The third-order valence-electron chi connectivity index (χ3n) is 3.20. The lowest BCUT2D eigenvalue weighted by Crippen LogP contribution is -1.90. The van der Waals surface area contributed by atoms with Gasteiger partial charge in [-0.05, 0) is 40.6 Å². The smallest absolute Gasteiger partial charge is 0.0991 e. The second kappa shape index (κ2) is 5.89. The van der Waals surface area contributed by atoms with Crippen molar-refractivity contribution in [3.05, 3.63) is 77.9 Å². The van der Waals surface area contributed by atoms with E-state index in [0.29, 0.717) is 5.56 Å². The molecular weight excluding hydrogens is 258 g/mol. The SMILES string of the molecule is N#Cc1ccc(/C=N\Nc2ccc3ccccc3c2)cc1. The predicted octanol–water partition coefficient (Wildman–Crippen LogP) is 4.16. The van der Waals surface area contributed by atoms with Crippen molar-refractivity contribution < 1.29 is 0 Å². The lowest BCUT2D eigenvalue weighted by atomic mass is 10.1. The topological polar surface area (TPSA) is 48.2 Å². The number of nitrogens with one attached hydrogen (secondary N) is 1. The Labute approximate surface area is 123 Å². The van der Waals surface area contributed by atoms with Gasteiger partial charge in [0.2, 0.25) is 0 Å². The molecule has 21 heavy (non-hydrogen) atoms. The number of anilines is 1. The molecule has 0 saturated carbocycles. The Bertz CT molecular complexity index is 827. The van der Waals surface area contributed by atoms with E-state index in [2.05, 4.69) is 40.9 Å². The second-order valence-electron chi connectivity index (χ2n) is 4.67. The minimum Gasteiger partial charge on any atom is -0.278 e. The molecule has 0 heterocycles. The summed E-state index contributed by atoms with van der Waals surface area (Å²) in [7, 11) is 0. The van der Waals surface area contributed by atoms with Gasteiger partial charge in [0.15, 0.2) is 0 Å². The molecule has 0 radical (unpaired) electrons. The maximum atomic E-state index is 8.74. The summed E-state index contributed by atoms with van der Waals surface area (Å²) in [6.45, 7) is 0. The minimum absolute atomic E-state index is 0.648. The van der Waals surface area contributed by atoms with Crippen molar-refractivity contribution in [1.82, 2.24) is 0 Å². The van der Waals surface area contributed by atoms with E-state index in [9.17, 15) is 0 Å². The van der Waals surface area contributed by atoms with Crippen molar-refractivity contribution in [2.45, 2.75) is 0 Å². The highest BCUT2D eigenvalue weighted by molar-refractivity contribution is 5.86. The standard InChI is InChI=1S/C18H13N3/c19-12-14-5-7-15(8-6-14)13-20-21-18-10-9-16-3-1-2-4-17(16)11-18/h1-11,13,21H/b20-13-. The van der Waals surface area contributed by atoms with Crippen molar-refractivity contribution >= 4 is 22.7 Å². The van der Waals surface area contributed by atoms with Crippen LogP contribution in [-0.4, -0.2) is 6.21 Å². The summed E-state index contributed by atoms with van der Waals surface area (Å²) in [5, 5.41) is 15.3. The van der Waals surface area contributed by atoms with Crippen LogP contribution in [0.5, 0.6) is 0 Å². The lowest BCUT2D eigenvalue weighted by molar-refractivity contribution is 1.35. The van der Waals surface area contributed by atoms with Crippen LogP contribution in [-0.2, 0) is 0 Å². The van der Waals surface area contributed by atoms with Crippen LogP contribution in [0.25, 0.3) is 10.8 Å². The molecule has 3 aromatic rings. The zero-order valence-electron chi connectivity index (χ0n) is 11.3. The average molecular weight is 271 g/mol. The summed E-state index contributed by atoms with van der Waals surface area (Å²) in [6, 6.07) is 23.7.